The zero-order chi connectivity index (χ0) is 14.5. The number of hydrogen-bond acceptors (Lipinski definition) is 6. The molecule has 0 radical (unpaired) electrons. The van der Waals surface area contributed by atoms with E-state index in [0.717, 1.165) is 0 Å². The van der Waals surface area contributed by atoms with Gasteiger partial charge in [0.1, 0.15) is 17.1 Å². The molecule has 0 amide bonds. The van der Waals surface area contributed by atoms with Crippen molar-refractivity contribution in [2.24, 2.45) is 0 Å². The number of aromatic nitrogens is 2. The van der Waals surface area contributed by atoms with E-state index in [1.165, 1.54) is 13.3 Å². The van der Waals surface area contributed by atoms with Crippen molar-refractivity contribution >= 4 is 5.97 Å². The van der Waals surface area contributed by atoms with Gasteiger partial charge in [0.15, 0.2) is 5.75 Å². The number of benzene rings is 1. The summed E-state index contributed by atoms with van der Waals surface area (Å²) in [6, 6.07) is 7.04. The van der Waals surface area contributed by atoms with Crippen molar-refractivity contribution < 1.29 is 19.0 Å². The molecule has 0 spiro atoms. The Morgan fingerprint density at radius 2 is 1.95 bits per heavy atom. The Hall–Kier alpha value is -2.63. The fourth-order valence-corrected chi connectivity index (χ4v) is 1.68. The zero-order valence-electron chi connectivity index (χ0n) is 11.4. The minimum atomic E-state index is -0.518. The highest BCUT2D eigenvalue weighted by Crippen LogP contribution is 2.28. The lowest BCUT2D eigenvalue weighted by atomic mass is 10.2. The van der Waals surface area contributed by atoms with Crippen LogP contribution in [0.4, 0.5) is 0 Å². The lowest BCUT2D eigenvalue weighted by Crippen LogP contribution is -2.08. The van der Waals surface area contributed by atoms with Gasteiger partial charge in [-0.25, -0.2) is 4.79 Å². The van der Waals surface area contributed by atoms with E-state index < -0.39 is 5.97 Å². The van der Waals surface area contributed by atoms with Crippen LogP contribution in [-0.2, 0) is 4.74 Å². The van der Waals surface area contributed by atoms with E-state index in [1.807, 2.05) is 0 Å². The maximum absolute atomic E-state index is 11.8. The van der Waals surface area contributed by atoms with E-state index in [9.17, 15) is 4.79 Å². The van der Waals surface area contributed by atoms with E-state index in [4.69, 9.17) is 14.2 Å². The normalized spacial score (nSPS) is 9.95. The smallest absolute Gasteiger partial charge is 0.343 e. The summed E-state index contributed by atoms with van der Waals surface area (Å²) in [5.41, 5.74) is 0.697. The number of hydrogen-bond donors (Lipinski definition) is 0. The van der Waals surface area contributed by atoms with Gasteiger partial charge in [0.25, 0.3) is 0 Å². The highest BCUT2D eigenvalue weighted by Gasteiger charge is 2.18. The summed E-state index contributed by atoms with van der Waals surface area (Å²) in [7, 11) is 2.87. The molecule has 0 bridgehead atoms. The van der Waals surface area contributed by atoms with Gasteiger partial charge in [0.05, 0.1) is 26.1 Å². The first kappa shape index (κ1) is 13.8. The summed E-state index contributed by atoms with van der Waals surface area (Å²) in [5.74, 6) is 0.954. The Balaban J connectivity index is 2.38. The second-order valence-electron chi connectivity index (χ2n) is 3.94. The fourth-order valence-electron chi connectivity index (χ4n) is 1.68. The van der Waals surface area contributed by atoms with Crippen LogP contribution in [0.3, 0.4) is 0 Å². The Kier molecular flexibility index (Phi) is 4.14. The summed E-state index contributed by atoms with van der Waals surface area (Å²) < 4.78 is 15.5. The van der Waals surface area contributed by atoms with Crippen LogP contribution in [0.5, 0.6) is 17.2 Å². The molecule has 2 aromatic rings. The number of methoxy groups -OCH3 is 2. The first-order valence-electron chi connectivity index (χ1n) is 5.88. The van der Waals surface area contributed by atoms with Gasteiger partial charge in [-0.2, -0.15) is 10.2 Å². The average Bonchev–Trinajstić information content (AvgIpc) is 2.47. The predicted octanol–water partition coefficient (Wildman–Crippen LogP) is 2.37. The maximum atomic E-state index is 11.8. The minimum Gasteiger partial charge on any atom is -0.497 e. The largest absolute Gasteiger partial charge is 0.497 e. The number of ether oxygens (including phenoxy) is 3. The van der Waals surface area contributed by atoms with E-state index in [-0.39, 0.29) is 11.3 Å². The van der Waals surface area contributed by atoms with E-state index in [1.54, 1.807) is 38.3 Å². The molecule has 0 saturated carbocycles. The van der Waals surface area contributed by atoms with Gasteiger partial charge in [0.2, 0.25) is 0 Å². The summed E-state index contributed by atoms with van der Waals surface area (Å²) in [6.07, 6.45) is 1.37. The van der Waals surface area contributed by atoms with Crippen LogP contribution >= 0.6 is 0 Å². The van der Waals surface area contributed by atoms with Crippen LogP contribution < -0.4 is 9.47 Å². The summed E-state index contributed by atoms with van der Waals surface area (Å²) in [4.78, 5) is 11.8. The molecule has 6 heteroatoms. The van der Waals surface area contributed by atoms with Crippen LogP contribution in [0, 0.1) is 6.92 Å². The summed E-state index contributed by atoms with van der Waals surface area (Å²) in [5, 5.41) is 7.61. The first-order valence-corrected chi connectivity index (χ1v) is 5.88. The molecule has 1 heterocycles. The molecule has 0 N–H and O–H groups in total. The third-order valence-electron chi connectivity index (χ3n) is 2.65. The molecule has 0 saturated heterocycles. The lowest BCUT2D eigenvalue weighted by molar-refractivity contribution is 0.0596. The number of carbonyl (C=O) groups excluding carboxylic acids is 1. The molecule has 0 aliphatic carbocycles. The first-order chi connectivity index (χ1) is 9.65. The van der Waals surface area contributed by atoms with Gasteiger partial charge >= 0.3 is 5.97 Å². The van der Waals surface area contributed by atoms with Gasteiger partial charge in [-0.3, -0.25) is 0 Å². The Morgan fingerprint density at radius 3 is 2.65 bits per heavy atom. The van der Waals surface area contributed by atoms with Crippen LogP contribution in [-0.4, -0.2) is 30.4 Å². The molecular weight excluding hydrogens is 260 g/mol. The molecule has 104 valence electrons. The molecule has 1 aromatic heterocycles. The molecule has 0 unspecified atom stereocenters. The van der Waals surface area contributed by atoms with Gasteiger partial charge in [-0.1, -0.05) is 6.07 Å². The predicted molar refractivity (Wildman–Crippen MR) is 71.2 cm³/mol. The van der Waals surface area contributed by atoms with Crippen molar-refractivity contribution in [2.45, 2.75) is 6.92 Å². The van der Waals surface area contributed by atoms with Gasteiger partial charge in [-0.15, -0.1) is 0 Å². The van der Waals surface area contributed by atoms with E-state index in [2.05, 4.69) is 10.2 Å². The number of carbonyl (C=O) groups is 1. The molecule has 0 fully saturated rings. The molecule has 6 nitrogen and oxygen atoms in total. The number of esters is 1. The fraction of sp³-hybridized carbons (Fsp3) is 0.214. The molecular formula is C14H14N2O4. The second kappa shape index (κ2) is 6.01. The number of aryl methyl sites for hydroxylation is 1. The molecule has 1 aromatic carbocycles. The van der Waals surface area contributed by atoms with Crippen molar-refractivity contribution in [3.8, 4) is 17.2 Å². The second-order valence-corrected chi connectivity index (χ2v) is 3.94. The summed E-state index contributed by atoms with van der Waals surface area (Å²) >= 11 is 0. The molecule has 0 atom stereocenters. The van der Waals surface area contributed by atoms with Crippen molar-refractivity contribution in [3.63, 3.8) is 0 Å². The highest BCUT2D eigenvalue weighted by molar-refractivity contribution is 5.93. The van der Waals surface area contributed by atoms with Crippen molar-refractivity contribution in [2.75, 3.05) is 14.2 Å². The van der Waals surface area contributed by atoms with Crippen molar-refractivity contribution in [1.82, 2.24) is 10.2 Å². The Bertz CT molecular complexity index is 628. The number of rotatable bonds is 4. The summed E-state index contributed by atoms with van der Waals surface area (Å²) in [6.45, 7) is 1.66. The Labute approximate surface area is 116 Å². The van der Waals surface area contributed by atoms with Crippen LogP contribution in [0.1, 0.15) is 16.1 Å². The van der Waals surface area contributed by atoms with Gasteiger partial charge < -0.3 is 14.2 Å². The topological polar surface area (TPSA) is 70.5 Å². The van der Waals surface area contributed by atoms with Gasteiger partial charge in [0, 0.05) is 6.07 Å². The van der Waals surface area contributed by atoms with Crippen molar-refractivity contribution in [1.29, 1.82) is 0 Å². The zero-order valence-corrected chi connectivity index (χ0v) is 11.4. The van der Waals surface area contributed by atoms with Gasteiger partial charge in [-0.05, 0) is 19.1 Å². The lowest BCUT2D eigenvalue weighted by Gasteiger charge is -2.11. The molecule has 2 rings (SSSR count). The maximum Gasteiger partial charge on any atom is 0.343 e. The Morgan fingerprint density at radius 1 is 1.20 bits per heavy atom. The third kappa shape index (κ3) is 2.85. The number of nitrogens with zero attached hydrogens (tertiary/aromatic N) is 2. The molecule has 0 aliphatic rings. The molecule has 20 heavy (non-hydrogen) atoms. The van der Waals surface area contributed by atoms with Crippen LogP contribution in [0.2, 0.25) is 0 Å². The van der Waals surface area contributed by atoms with E-state index in [0.29, 0.717) is 17.2 Å². The standard InChI is InChI=1S/C14H14N2O4/c1-9-13(14(17)19-3)12(8-15-16-9)20-11-6-4-5-10(7-11)18-2/h4-8H,1-3H3. The monoisotopic (exact) mass is 274 g/mol. The SMILES string of the molecule is COC(=O)c1c(Oc2cccc(OC)c2)cnnc1C. The highest BCUT2D eigenvalue weighted by atomic mass is 16.5. The average molecular weight is 274 g/mol. The van der Waals surface area contributed by atoms with Crippen LogP contribution in [0.25, 0.3) is 0 Å². The quantitative estimate of drug-likeness (QED) is 0.797. The van der Waals surface area contributed by atoms with Crippen LogP contribution in [0.15, 0.2) is 30.5 Å². The van der Waals surface area contributed by atoms with Crippen molar-refractivity contribution in [3.05, 3.63) is 41.7 Å². The third-order valence-corrected chi connectivity index (χ3v) is 2.65. The minimum absolute atomic E-state index is 0.255. The van der Waals surface area contributed by atoms with E-state index >= 15 is 0 Å². The molecule has 0 aliphatic heterocycles.